The molecule has 1 amide bonds. The van der Waals surface area contributed by atoms with Crippen LogP contribution in [-0.2, 0) is 4.79 Å². The number of amides is 1. The second-order valence-corrected chi connectivity index (χ2v) is 4.73. The van der Waals surface area contributed by atoms with Gasteiger partial charge in [-0.1, -0.05) is 0 Å². The van der Waals surface area contributed by atoms with E-state index in [4.69, 9.17) is 15.2 Å². The maximum atomic E-state index is 10.9. The van der Waals surface area contributed by atoms with Crippen molar-refractivity contribution in [2.45, 2.75) is 25.8 Å². The number of ether oxygens (including phenoxy) is 2. The lowest BCUT2D eigenvalue weighted by Gasteiger charge is -2.36. The van der Waals surface area contributed by atoms with E-state index in [9.17, 15) is 4.79 Å². The fourth-order valence-corrected chi connectivity index (χ4v) is 2.31. The zero-order valence-electron chi connectivity index (χ0n) is 11.4. The molecule has 1 unspecified atom stereocenters. The molecule has 0 fully saturated rings. The normalized spacial score (nSPS) is 15.4. The zero-order valence-corrected chi connectivity index (χ0v) is 11.4. The molecule has 0 spiro atoms. The number of hydrogen-bond donors (Lipinski definition) is 1. The number of nitrogens with two attached hydrogens (primary N) is 1. The summed E-state index contributed by atoms with van der Waals surface area (Å²) in [5.74, 6) is 1.40. The van der Waals surface area contributed by atoms with E-state index in [2.05, 4.69) is 11.8 Å². The van der Waals surface area contributed by atoms with E-state index < -0.39 is 0 Å². The second kappa shape index (κ2) is 5.82. The van der Waals surface area contributed by atoms with Gasteiger partial charge in [-0.25, -0.2) is 0 Å². The van der Waals surface area contributed by atoms with Gasteiger partial charge in [-0.2, -0.15) is 0 Å². The first kappa shape index (κ1) is 13.5. The topological polar surface area (TPSA) is 64.8 Å². The van der Waals surface area contributed by atoms with Gasteiger partial charge in [-0.15, -0.1) is 0 Å². The number of benzene rings is 1. The van der Waals surface area contributed by atoms with Crippen molar-refractivity contribution in [3.8, 4) is 11.5 Å². The lowest BCUT2D eigenvalue weighted by molar-refractivity contribution is -0.118. The van der Waals surface area contributed by atoms with Gasteiger partial charge in [-0.05, 0) is 25.5 Å². The van der Waals surface area contributed by atoms with E-state index in [0.717, 1.165) is 30.2 Å². The summed E-state index contributed by atoms with van der Waals surface area (Å²) in [6.07, 6.45) is 1.14. The van der Waals surface area contributed by atoms with E-state index >= 15 is 0 Å². The lowest BCUT2D eigenvalue weighted by Crippen LogP contribution is -2.40. The van der Waals surface area contributed by atoms with Crippen LogP contribution < -0.4 is 20.1 Å². The minimum atomic E-state index is -0.258. The van der Waals surface area contributed by atoms with Gasteiger partial charge in [0.15, 0.2) is 0 Å². The van der Waals surface area contributed by atoms with E-state index in [1.807, 2.05) is 18.2 Å². The van der Waals surface area contributed by atoms with Gasteiger partial charge in [0.2, 0.25) is 5.91 Å². The Morgan fingerprint density at radius 2 is 2.37 bits per heavy atom. The summed E-state index contributed by atoms with van der Waals surface area (Å²) in [7, 11) is 1.65. The monoisotopic (exact) mass is 264 g/mol. The minimum Gasteiger partial charge on any atom is -0.497 e. The first-order valence-electron chi connectivity index (χ1n) is 6.47. The highest BCUT2D eigenvalue weighted by Gasteiger charge is 2.23. The summed E-state index contributed by atoms with van der Waals surface area (Å²) < 4.78 is 10.9. The van der Waals surface area contributed by atoms with Crippen molar-refractivity contribution in [2.24, 2.45) is 5.73 Å². The first-order chi connectivity index (χ1) is 9.11. The molecule has 1 aromatic carbocycles. The van der Waals surface area contributed by atoms with Crippen LogP contribution in [0.2, 0.25) is 0 Å². The first-order valence-corrected chi connectivity index (χ1v) is 6.47. The maximum Gasteiger partial charge on any atom is 0.217 e. The molecular formula is C14H20N2O3. The van der Waals surface area contributed by atoms with Crippen LogP contribution in [0.15, 0.2) is 18.2 Å². The third-order valence-electron chi connectivity index (χ3n) is 3.41. The highest BCUT2D eigenvalue weighted by atomic mass is 16.5. The Morgan fingerprint density at radius 1 is 1.58 bits per heavy atom. The molecular weight excluding hydrogens is 244 g/mol. The minimum absolute atomic E-state index is 0.238. The fraction of sp³-hybridized carbons (Fsp3) is 0.500. The largest absolute Gasteiger partial charge is 0.497 e. The third kappa shape index (κ3) is 3.10. The smallest absolute Gasteiger partial charge is 0.217 e. The van der Waals surface area contributed by atoms with Gasteiger partial charge in [0.05, 0.1) is 19.3 Å². The van der Waals surface area contributed by atoms with Crippen molar-refractivity contribution < 1.29 is 14.3 Å². The predicted octanol–water partition coefficient (Wildman–Crippen LogP) is 1.55. The summed E-state index contributed by atoms with van der Waals surface area (Å²) >= 11 is 0. The number of methoxy groups -OCH3 is 1. The summed E-state index contributed by atoms with van der Waals surface area (Å²) in [6, 6.07) is 6.01. The average molecular weight is 264 g/mol. The Kier molecular flexibility index (Phi) is 4.14. The number of hydrogen-bond acceptors (Lipinski definition) is 4. The summed E-state index contributed by atoms with van der Waals surface area (Å²) in [6.45, 7) is 3.55. The Bertz CT molecular complexity index is 462. The number of nitrogens with zero attached hydrogens (tertiary/aromatic N) is 1. The maximum absolute atomic E-state index is 10.9. The predicted molar refractivity (Wildman–Crippen MR) is 73.7 cm³/mol. The average Bonchev–Trinajstić information content (AvgIpc) is 2.43. The van der Waals surface area contributed by atoms with Crippen LogP contribution in [0, 0.1) is 0 Å². The second-order valence-electron chi connectivity index (χ2n) is 4.73. The molecule has 0 saturated carbocycles. The van der Waals surface area contributed by atoms with Gasteiger partial charge in [0.25, 0.3) is 0 Å². The fourth-order valence-electron chi connectivity index (χ4n) is 2.31. The molecule has 0 radical (unpaired) electrons. The van der Waals surface area contributed by atoms with Gasteiger partial charge in [0.1, 0.15) is 18.1 Å². The molecule has 5 heteroatoms. The van der Waals surface area contributed by atoms with Crippen LogP contribution in [0.25, 0.3) is 0 Å². The van der Waals surface area contributed by atoms with Crippen LogP contribution in [-0.4, -0.2) is 32.2 Å². The number of carbonyl (C=O) groups is 1. The van der Waals surface area contributed by atoms with E-state index in [0.29, 0.717) is 13.0 Å². The molecule has 1 atom stereocenters. The van der Waals surface area contributed by atoms with Crippen molar-refractivity contribution in [3.05, 3.63) is 18.2 Å². The van der Waals surface area contributed by atoms with Crippen molar-refractivity contribution >= 4 is 11.6 Å². The molecule has 0 saturated heterocycles. The van der Waals surface area contributed by atoms with E-state index in [-0.39, 0.29) is 11.9 Å². The molecule has 0 bridgehead atoms. The van der Waals surface area contributed by atoms with E-state index in [1.165, 1.54) is 0 Å². The molecule has 5 nitrogen and oxygen atoms in total. The van der Waals surface area contributed by atoms with Crippen molar-refractivity contribution in [2.75, 3.05) is 25.2 Å². The molecule has 0 aliphatic carbocycles. The highest BCUT2D eigenvalue weighted by Crippen LogP contribution is 2.36. The molecule has 2 N–H and O–H groups in total. The van der Waals surface area contributed by atoms with Gasteiger partial charge in [0, 0.05) is 18.5 Å². The van der Waals surface area contributed by atoms with Crippen molar-refractivity contribution in [3.63, 3.8) is 0 Å². The zero-order chi connectivity index (χ0) is 13.8. The SMILES string of the molecule is COc1ccc2c(c1)N(C(C)CCC(N)=O)CCO2. The van der Waals surface area contributed by atoms with Crippen molar-refractivity contribution in [1.29, 1.82) is 0 Å². The Balaban J connectivity index is 2.17. The quantitative estimate of drug-likeness (QED) is 0.876. The number of fused-ring (bicyclic) bond motifs is 1. The van der Waals surface area contributed by atoms with Crippen LogP contribution in [0.4, 0.5) is 5.69 Å². The van der Waals surface area contributed by atoms with E-state index in [1.54, 1.807) is 7.11 Å². The molecule has 1 aliphatic heterocycles. The molecule has 1 aromatic rings. The Labute approximate surface area is 113 Å². The lowest BCUT2D eigenvalue weighted by atomic mass is 10.1. The molecule has 1 heterocycles. The van der Waals surface area contributed by atoms with Crippen molar-refractivity contribution in [1.82, 2.24) is 0 Å². The third-order valence-corrected chi connectivity index (χ3v) is 3.41. The molecule has 0 aromatic heterocycles. The summed E-state index contributed by atoms with van der Waals surface area (Å²) in [5, 5.41) is 0. The van der Waals surface area contributed by atoms with Gasteiger partial charge in [-0.3, -0.25) is 4.79 Å². The van der Waals surface area contributed by atoms with Crippen LogP contribution in [0.3, 0.4) is 0 Å². The number of anilines is 1. The van der Waals surface area contributed by atoms with Crippen LogP contribution >= 0.6 is 0 Å². The highest BCUT2D eigenvalue weighted by molar-refractivity contribution is 5.73. The number of rotatable bonds is 5. The Morgan fingerprint density at radius 3 is 3.05 bits per heavy atom. The van der Waals surface area contributed by atoms with Gasteiger partial charge >= 0.3 is 0 Å². The standard InChI is InChI=1S/C14H20N2O3/c1-10(3-6-14(15)17)16-7-8-19-13-5-4-11(18-2)9-12(13)16/h4-5,9-10H,3,6-8H2,1-2H3,(H2,15,17). The molecule has 2 rings (SSSR count). The van der Waals surface area contributed by atoms with Crippen LogP contribution in [0.1, 0.15) is 19.8 Å². The molecule has 104 valence electrons. The summed E-state index contributed by atoms with van der Waals surface area (Å²) in [4.78, 5) is 13.1. The molecule has 19 heavy (non-hydrogen) atoms. The van der Waals surface area contributed by atoms with Gasteiger partial charge < -0.3 is 20.1 Å². The summed E-state index contributed by atoms with van der Waals surface area (Å²) in [5.41, 5.74) is 6.22. The number of primary amides is 1. The number of carbonyl (C=O) groups excluding carboxylic acids is 1. The Hall–Kier alpha value is -1.91. The van der Waals surface area contributed by atoms with Crippen LogP contribution in [0.5, 0.6) is 11.5 Å². The molecule has 1 aliphatic rings.